The molecule has 27 heavy (non-hydrogen) atoms. The van der Waals surface area contributed by atoms with E-state index in [-0.39, 0.29) is 5.02 Å². The molecule has 4 rings (SSSR count). The average molecular weight is 385 g/mol. The monoisotopic (exact) mass is 384 g/mol. The molecule has 0 saturated heterocycles. The smallest absolute Gasteiger partial charge is 0.345 e. The van der Waals surface area contributed by atoms with Crippen molar-refractivity contribution < 1.29 is 13.6 Å². The number of carbonyl (C=O) groups is 1. The predicted octanol–water partition coefficient (Wildman–Crippen LogP) is 4.81. The highest BCUT2D eigenvalue weighted by atomic mass is 35.5. The lowest BCUT2D eigenvalue weighted by Crippen LogP contribution is -2.16. The van der Waals surface area contributed by atoms with E-state index in [4.69, 9.17) is 16.0 Å². The van der Waals surface area contributed by atoms with Gasteiger partial charge in [0.15, 0.2) is 0 Å². The Morgan fingerprint density at radius 2 is 1.96 bits per heavy atom. The molecule has 0 aliphatic heterocycles. The average Bonchev–Trinajstić information content (AvgIpc) is 3.05. The van der Waals surface area contributed by atoms with E-state index in [1.54, 1.807) is 16.7 Å². The summed E-state index contributed by atoms with van der Waals surface area (Å²) < 4.78 is 20.4. The molecule has 1 amide bonds. The second kappa shape index (κ2) is 6.55. The number of nitrogens with one attached hydrogen (secondary N) is 1. The van der Waals surface area contributed by atoms with Crippen LogP contribution in [0.25, 0.3) is 21.9 Å². The Hall–Kier alpha value is -3.12. The predicted molar refractivity (Wildman–Crippen MR) is 103 cm³/mol. The van der Waals surface area contributed by atoms with Gasteiger partial charge in [-0.2, -0.15) is 0 Å². The van der Waals surface area contributed by atoms with Crippen molar-refractivity contribution in [2.75, 3.05) is 5.32 Å². The van der Waals surface area contributed by atoms with Gasteiger partial charge >= 0.3 is 5.63 Å². The molecule has 1 N–H and O–H groups in total. The van der Waals surface area contributed by atoms with Gasteiger partial charge in [0.2, 0.25) is 0 Å². The van der Waals surface area contributed by atoms with Crippen molar-refractivity contribution in [3.05, 3.63) is 75.5 Å². The number of anilines is 1. The normalized spacial score (nSPS) is 11.2. The molecule has 0 bridgehead atoms. The Morgan fingerprint density at radius 3 is 2.70 bits per heavy atom. The summed E-state index contributed by atoms with van der Waals surface area (Å²) >= 11 is 5.77. The Morgan fingerprint density at radius 1 is 1.19 bits per heavy atom. The molecule has 7 heteroatoms. The Balaban J connectivity index is 1.87. The van der Waals surface area contributed by atoms with Gasteiger partial charge < -0.3 is 14.3 Å². The SMILES string of the molecule is CCn1c(C(=O)Nc2ccc(F)c(Cl)c2)cc2c(=O)oc3ccccc3c21. The summed E-state index contributed by atoms with van der Waals surface area (Å²) in [5.41, 5.74) is 1.26. The van der Waals surface area contributed by atoms with Gasteiger partial charge in [-0.25, -0.2) is 9.18 Å². The van der Waals surface area contributed by atoms with E-state index in [1.165, 1.54) is 24.3 Å². The van der Waals surface area contributed by atoms with E-state index in [1.807, 2.05) is 19.1 Å². The van der Waals surface area contributed by atoms with E-state index < -0.39 is 17.3 Å². The molecule has 136 valence electrons. The summed E-state index contributed by atoms with van der Waals surface area (Å²) in [6.07, 6.45) is 0. The molecule has 0 saturated carbocycles. The lowest BCUT2D eigenvalue weighted by Gasteiger charge is -2.10. The fraction of sp³-hybridized carbons (Fsp3) is 0.100. The third kappa shape index (κ3) is 2.88. The number of amides is 1. The number of carbonyl (C=O) groups excluding carboxylic acids is 1. The highest BCUT2D eigenvalue weighted by Crippen LogP contribution is 2.27. The Labute approximate surface area is 158 Å². The maximum absolute atomic E-state index is 13.3. The van der Waals surface area contributed by atoms with Gasteiger partial charge in [-0.1, -0.05) is 23.7 Å². The zero-order valence-corrected chi connectivity index (χ0v) is 15.0. The largest absolute Gasteiger partial charge is 0.422 e. The van der Waals surface area contributed by atoms with E-state index in [0.717, 1.165) is 5.39 Å². The van der Waals surface area contributed by atoms with Gasteiger partial charge in [0.25, 0.3) is 5.91 Å². The molecular formula is C20H14ClFN2O3. The van der Waals surface area contributed by atoms with E-state index in [0.29, 0.717) is 34.4 Å². The molecule has 2 aromatic carbocycles. The number of fused-ring (bicyclic) bond motifs is 3. The number of rotatable bonds is 3. The van der Waals surface area contributed by atoms with Crippen molar-refractivity contribution in [2.24, 2.45) is 0 Å². The van der Waals surface area contributed by atoms with Crippen LogP contribution in [0.4, 0.5) is 10.1 Å². The van der Waals surface area contributed by atoms with Crippen LogP contribution in [-0.2, 0) is 6.54 Å². The van der Waals surface area contributed by atoms with Gasteiger partial charge in [-0.15, -0.1) is 0 Å². The van der Waals surface area contributed by atoms with Crippen molar-refractivity contribution in [1.29, 1.82) is 0 Å². The minimum Gasteiger partial charge on any atom is -0.422 e. The van der Waals surface area contributed by atoms with Gasteiger partial charge in [-0.3, -0.25) is 4.79 Å². The second-order valence-corrected chi connectivity index (χ2v) is 6.41. The van der Waals surface area contributed by atoms with Crippen LogP contribution in [0.2, 0.25) is 5.02 Å². The zero-order valence-electron chi connectivity index (χ0n) is 14.3. The quantitative estimate of drug-likeness (QED) is 0.515. The summed E-state index contributed by atoms with van der Waals surface area (Å²) in [5.74, 6) is -0.999. The van der Waals surface area contributed by atoms with Crippen LogP contribution in [0.15, 0.2) is 57.7 Å². The Bertz CT molecular complexity index is 1260. The van der Waals surface area contributed by atoms with Crippen molar-refractivity contribution in [3.63, 3.8) is 0 Å². The number of hydrogen-bond donors (Lipinski definition) is 1. The summed E-state index contributed by atoms with van der Waals surface area (Å²) in [6, 6.07) is 12.6. The van der Waals surface area contributed by atoms with E-state index >= 15 is 0 Å². The number of para-hydroxylation sites is 1. The van der Waals surface area contributed by atoms with Crippen LogP contribution in [-0.4, -0.2) is 10.5 Å². The number of aryl methyl sites for hydroxylation is 1. The fourth-order valence-corrected chi connectivity index (χ4v) is 3.37. The summed E-state index contributed by atoms with van der Waals surface area (Å²) in [6.45, 7) is 2.36. The zero-order chi connectivity index (χ0) is 19.1. The third-order valence-corrected chi connectivity index (χ3v) is 4.68. The first kappa shape index (κ1) is 17.3. The number of benzene rings is 2. The van der Waals surface area contributed by atoms with Gasteiger partial charge in [0, 0.05) is 17.6 Å². The molecule has 0 aliphatic rings. The van der Waals surface area contributed by atoms with E-state index in [2.05, 4.69) is 5.32 Å². The van der Waals surface area contributed by atoms with Crippen molar-refractivity contribution in [2.45, 2.75) is 13.5 Å². The van der Waals surface area contributed by atoms with Crippen LogP contribution in [0.3, 0.4) is 0 Å². The molecule has 2 heterocycles. The standard InChI is InChI=1S/C20H14ClFN2O3/c1-2-24-16(19(25)23-11-7-8-15(22)14(21)9-11)10-13-18(24)12-5-3-4-6-17(12)27-20(13)26/h3-10H,2H2,1H3,(H,23,25). The van der Waals surface area contributed by atoms with Crippen LogP contribution in [0, 0.1) is 5.82 Å². The minimum absolute atomic E-state index is 0.0875. The number of nitrogens with zero attached hydrogens (tertiary/aromatic N) is 1. The van der Waals surface area contributed by atoms with Crippen molar-refractivity contribution in [3.8, 4) is 0 Å². The summed E-state index contributed by atoms with van der Waals surface area (Å²) in [7, 11) is 0. The molecule has 5 nitrogen and oxygen atoms in total. The number of halogens is 2. The minimum atomic E-state index is -0.568. The molecule has 0 fully saturated rings. The molecule has 4 aromatic rings. The molecule has 0 unspecified atom stereocenters. The number of aromatic nitrogens is 1. The van der Waals surface area contributed by atoms with Crippen LogP contribution >= 0.6 is 11.6 Å². The van der Waals surface area contributed by atoms with Crippen LogP contribution in [0.1, 0.15) is 17.4 Å². The molecular weight excluding hydrogens is 371 g/mol. The first-order chi connectivity index (χ1) is 13.0. The first-order valence-electron chi connectivity index (χ1n) is 8.31. The first-order valence-corrected chi connectivity index (χ1v) is 8.69. The molecule has 0 atom stereocenters. The van der Waals surface area contributed by atoms with Gasteiger partial charge in [0.1, 0.15) is 17.1 Å². The summed E-state index contributed by atoms with van der Waals surface area (Å²) in [5, 5.41) is 3.68. The van der Waals surface area contributed by atoms with Crippen molar-refractivity contribution >= 4 is 45.1 Å². The third-order valence-electron chi connectivity index (χ3n) is 4.39. The van der Waals surface area contributed by atoms with E-state index in [9.17, 15) is 14.0 Å². The van der Waals surface area contributed by atoms with Crippen molar-refractivity contribution in [1.82, 2.24) is 4.57 Å². The fourth-order valence-electron chi connectivity index (χ4n) is 3.19. The highest BCUT2D eigenvalue weighted by Gasteiger charge is 2.20. The summed E-state index contributed by atoms with van der Waals surface area (Å²) in [4.78, 5) is 25.2. The molecule has 2 aromatic heterocycles. The lowest BCUT2D eigenvalue weighted by molar-refractivity contribution is 0.101. The van der Waals surface area contributed by atoms with Gasteiger partial charge in [0.05, 0.1) is 15.9 Å². The lowest BCUT2D eigenvalue weighted by atomic mass is 10.2. The second-order valence-electron chi connectivity index (χ2n) is 6.00. The highest BCUT2D eigenvalue weighted by molar-refractivity contribution is 6.31. The van der Waals surface area contributed by atoms with Crippen LogP contribution in [0.5, 0.6) is 0 Å². The molecule has 0 spiro atoms. The maximum atomic E-state index is 13.3. The maximum Gasteiger partial charge on any atom is 0.345 e. The van der Waals surface area contributed by atoms with Crippen LogP contribution < -0.4 is 10.9 Å². The molecule has 0 radical (unpaired) electrons. The topological polar surface area (TPSA) is 64.2 Å². The Kier molecular flexibility index (Phi) is 4.20. The number of hydrogen-bond acceptors (Lipinski definition) is 3. The van der Waals surface area contributed by atoms with Gasteiger partial charge in [-0.05, 0) is 43.3 Å². The molecule has 0 aliphatic carbocycles.